The van der Waals surface area contributed by atoms with Crippen LogP contribution in [0.1, 0.15) is 228 Å². The van der Waals surface area contributed by atoms with E-state index >= 15 is 0 Å². The molecule has 0 aliphatic carbocycles. The monoisotopic (exact) mass is 533 g/mol. The summed E-state index contributed by atoms with van der Waals surface area (Å²) in [7, 11) is 0. The van der Waals surface area contributed by atoms with Gasteiger partial charge in [-0.1, -0.05) is 181 Å². The van der Waals surface area contributed by atoms with Crippen LogP contribution in [0.4, 0.5) is 0 Å². The molecule has 0 heterocycles. The Kier molecular flexibility index (Phi) is 28.1. The molecule has 0 nitrogen and oxygen atoms in total. The van der Waals surface area contributed by atoms with E-state index in [4.69, 9.17) is 0 Å². The summed E-state index contributed by atoms with van der Waals surface area (Å²) in [5, 5.41) is 0. The van der Waals surface area contributed by atoms with Gasteiger partial charge in [0.05, 0.1) is 0 Å². The van der Waals surface area contributed by atoms with E-state index in [0.29, 0.717) is 5.41 Å². The lowest BCUT2D eigenvalue weighted by atomic mass is 9.65. The van der Waals surface area contributed by atoms with Crippen LogP contribution >= 0.6 is 0 Å². The summed E-state index contributed by atoms with van der Waals surface area (Å²) in [6, 6.07) is 0. The van der Waals surface area contributed by atoms with Gasteiger partial charge >= 0.3 is 0 Å². The second kappa shape index (κ2) is 28.3. The second-order valence-electron chi connectivity index (χ2n) is 12.9. The number of allylic oxidation sites excluding steroid dienone is 2. The molecule has 0 bridgehead atoms. The van der Waals surface area contributed by atoms with Gasteiger partial charge in [0, 0.05) is 0 Å². The lowest BCUT2D eigenvalue weighted by molar-refractivity contribution is 0.234. The third kappa shape index (κ3) is 18.9. The zero-order valence-corrected chi connectivity index (χ0v) is 28.0. The van der Waals surface area contributed by atoms with Gasteiger partial charge < -0.3 is 0 Å². The van der Waals surface area contributed by atoms with E-state index in [-0.39, 0.29) is 0 Å². The van der Waals surface area contributed by atoms with Crippen molar-refractivity contribution in [1.29, 1.82) is 0 Å². The minimum absolute atomic E-state index is 0.508. The Morgan fingerprint density at radius 1 is 0.316 bits per heavy atom. The molecule has 0 radical (unpaired) electrons. The van der Waals surface area contributed by atoms with Crippen molar-refractivity contribution in [3.8, 4) is 0 Å². The smallest absolute Gasteiger partial charge is 0.00854 e. The lowest BCUT2D eigenvalue weighted by Crippen LogP contribution is -2.26. The first kappa shape index (κ1) is 37.7. The van der Waals surface area contributed by atoms with Crippen molar-refractivity contribution in [2.24, 2.45) is 5.41 Å². The maximum Gasteiger partial charge on any atom is -0.00854 e. The summed E-state index contributed by atoms with van der Waals surface area (Å²) < 4.78 is 0. The molecule has 0 atom stereocenters. The maximum atomic E-state index is 2.40. The molecule has 0 aromatic rings. The van der Waals surface area contributed by atoms with Crippen molar-refractivity contribution in [2.45, 2.75) is 228 Å². The third-order valence-corrected chi connectivity index (χ3v) is 9.29. The summed E-state index contributed by atoms with van der Waals surface area (Å²) >= 11 is 0. The topological polar surface area (TPSA) is 0 Å². The van der Waals surface area contributed by atoms with E-state index in [1.54, 1.807) is 0 Å². The molecule has 0 N–H and O–H groups in total. The SMILES string of the molecule is CCCCCCC(CCCCCC)=C(CCCCC)C(CCCCCC)(CCCCCC)CCCCCC. The van der Waals surface area contributed by atoms with E-state index in [9.17, 15) is 0 Å². The highest BCUT2D eigenvalue weighted by Crippen LogP contribution is 2.48. The Balaban J connectivity index is 6.37. The first-order valence-electron chi connectivity index (χ1n) is 18.4. The quantitative estimate of drug-likeness (QED) is 0.0637. The van der Waals surface area contributed by atoms with Gasteiger partial charge in [0.15, 0.2) is 0 Å². The molecule has 0 aliphatic rings. The van der Waals surface area contributed by atoms with E-state index in [2.05, 4.69) is 41.5 Å². The molecular formula is C38H76. The van der Waals surface area contributed by atoms with Crippen LogP contribution in [0.15, 0.2) is 11.1 Å². The summed E-state index contributed by atoms with van der Waals surface area (Å²) in [6.45, 7) is 14.3. The van der Waals surface area contributed by atoms with Crippen molar-refractivity contribution in [1.82, 2.24) is 0 Å². The molecule has 0 amide bonds. The standard InChI is InChI=1S/C38H76/c1-7-13-19-25-30-36(31-26-20-14-8-2)37(32-24-18-12-6)38(33-27-21-15-9-3,34-28-22-16-10-4)35-29-23-17-11-5/h7-35H2,1-6H3. The Morgan fingerprint density at radius 3 is 0.947 bits per heavy atom. The third-order valence-electron chi connectivity index (χ3n) is 9.29. The van der Waals surface area contributed by atoms with Crippen molar-refractivity contribution >= 4 is 0 Å². The molecule has 38 heavy (non-hydrogen) atoms. The van der Waals surface area contributed by atoms with Crippen LogP contribution < -0.4 is 0 Å². The van der Waals surface area contributed by atoms with Gasteiger partial charge in [-0.3, -0.25) is 0 Å². The molecular weight excluding hydrogens is 456 g/mol. The molecule has 0 aromatic carbocycles. The number of unbranched alkanes of at least 4 members (excludes halogenated alkanes) is 17. The van der Waals surface area contributed by atoms with Crippen LogP contribution in [0.25, 0.3) is 0 Å². The highest BCUT2D eigenvalue weighted by atomic mass is 14.4. The first-order chi connectivity index (χ1) is 18.7. The van der Waals surface area contributed by atoms with Crippen molar-refractivity contribution in [3.05, 3.63) is 11.1 Å². The average molecular weight is 533 g/mol. The summed E-state index contributed by atoms with van der Waals surface area (Å²) in [5.74, 6) is 0. The maximum absolute atomic E-state index is 2.40. The summed E-state index contributed by atoms with van der Waals surface area (Å²) in [5.41, 5.74) is 4.51. The molecule has 0 fully saturated rings. The molecule has 0 saturated heterocycles. The van der Waals surface area contributed by atoms with Crippen LogP contribution in [0, 0.1) is 5.41 Å². The van der Waals surface area contributed by atoms with Crippen LogP contribution in [-0.4, -0.2) is 0 Å². The molecule has 0 rings (SSSR count). The van der Waals surface area contributed by atoms with E-state index in [0.717, 1.165) is 0 Å². The second-order valence-corrected chi connectivity index (χ2v) is 12.9. The largest absolute Gasteiger partial charge is 0.0704 e. The van der Waals surface area contributed by atoms with Crippen molar-refractivity contribution in [3.63, 3.8) is 0 Å². The minimum Gasteiger partial charge on any atom is -0.0704 e. The van der Waals surface area contributed by atoms with Crippen LogP contribution in [0.5, 0.6) is 0 Å². The Morgan fingerprint density at radius 2 is 0.605 bits per heavy atom. The molecule has 0 heteroatoms. The zero-order chi connectivity index (χ0) is 28.2. The summed E-state index contributed by atoms with van der Waals surface area (Å²) in [4.78, 5) is 0. The highest BCUT2D eigenvalue weighted by Gasteiger charge is 2.34. The first-order valence-corrected chi connectivity index (χ1v) is 18.4. The van der Waals surface area contributed by atoms with Crippen LogP contribution in [-0.2, 0) is 0 Å². The minimum atomic E-state index is 0.508. The van der Waals surface area contributed by atoms with Gasteiger partial charge in [0.25, 0.3) is 0 Å². The molecule has 0 aliphatic heterocycles. The van der Waals surface area contributed by atoms with E-state index < -0.39 is 0 Å². The molecule has 0 spiro atoms. The highest BCUT2D eigenvalue weighted by molar-refractivity contribution is 5.23. The Bertz CT molecular complexity index is 453. The fraction of sp³-hybridized carbons (Fsp3) is 0.947. The number of hydrogen-bond acceptors (Lipinski definition) is 0. The molecule has 0 aromatic heterocycles. The lowest BCUT2D eigenvalue weighted by Gasteiger charge is -2.40. The van der Waals surface area contributed by atoms with E-state index in [1.165, 1.54) is 186 Å². The number of hydrogen-bond donors (Lipinski definition) is 0. The predicted molar refractivity (Wildman–Crippen MR) is 177 cm³/mol. The molecule has 228 valence electrons. The van der Waals surface area contributed by atoms with Crippen molar-refractivity contribution < 1.29 is 0 Å². The molecule has 0 saturated carbocycles. The Labute approximate surface area is 244 Å². The number of rotatable bonds is 30. The van der Waals surface area contributed by atoms with E-state index in [1.807, 2.05) is 11.1 Å². The van der Waals surface area contributed by atoms with Gasteiger partial charge in [0.2, 0.25) is 0 Å². The van der Waals surface area contributed by atoms with Gasteiger partial charge in [0.1, 0.15) is 0 Å². The fourth-order valence-corrected chi connectivity index (χ4v) is 6.82. The zero-order valence-electron chi connectivity index (χ0n) is 28.0. The average Bonchev–Trinajstić information content (AvgIpc) is 2.93. The normalized spacial score (nSPS) is 11.8. The fourth-order valence-electron chi connectivity index (χ4n) is 6.82. The Hall–Kier alpha value is -0.260. The van der Waals surface area contributed by atoms with Gasteiger partial charge in [-0.25, -0.2) is 0 Å². The van der Waals surface area contributed by atoms with Gasteiger partial charge in [-0.05, 0) is 63.2 Å². The van der Waals surface area contributed by atoms with Gasteiger partial charge in [-0.15, -0.1) is 0 Å². The summed E-state index contributed by atoms with van der Waals surface area (Å²) in [6.07, 6.45) is 41.3. The van der Waals surface area contributed by atoms with Crippen LogP contribution in [0.3, 0.4) is 0 Å². The van der Waals surface area contributed by atoms with Crippen LogP contribution in [0.2, 0.25) is 0 Å². The molecule has 0 unspecified atom stereocenters. The predicted octanol–water partition coefficient (Wildman–Crippen LogP) is 14.7. The van der Waals surface area contributed by atoms with Crippen molar-refractivity contribution in [2.75, 3.05) is 0 Å². The van der Waals surface area contributed by atoms with Gasteiger partial charge in [-0.2, -0.15) is 0 Å².